The normalized spacial score (nSPS) is 10.4. The molecule has 0 atom stereocenters. The van der Waals surface area contributed by atoms with Crippen LogP contribution in [0.4, 0.5) is 4.39 Å². The molecule has 2 nitrogen and oxygen atoms in total. The van der Waals surface area contributed by atoms with Crippen LogP contribution in [0.25, 0.3) is 0 Å². The van der Waals surface area contributed by atoms with Crippen LogP contribution in [-0.2, 0) is 0 Å². The molecule has 0 radical (unpaired) electrons. The second-order valence-corrected chi connectivity index (χ2v) is 3.68. The van der Waals surface area contributed by atoms with E-state index in [9.17, 15) is 9.18 Å². The Morgan fingerprint density at radius 1 is 1.19 bits per heavy atom. The fourth-order valence-corrected chi connectivity index (χ4v) is 1.60. The van der Waals surface area contributed by atoms with Gasteiger partial charge in [0.1, 0.15) is 11.6 Å². The van der Waals surface area contributed by atoms with E-state index in [2.05, 4.69) is 0 Å². The average molecular weight is 218 g/mol. The van der Waals surface area contributed by atoms with Gasteiger partial charge in [0.25, 0.3) is 0 Å². The molecule has 0 bridgehead atoms. The maximum Gasteiger partial charge on any atom is 0.196 e. The quantitative estimate of drug-likeness (QED) is 0.724. The maximum absolute atomic E-state index is 13.1. The highest BCUT2D eigenvalue weighted by Crippen LogP contribution is 2.18. The molecule has 1 aromatic heterocycles. The maximum atomic E-state index is 13.1. The number of benzene rings is 1. The lowest BCUT2D eigenvalue weighted by Gasteiger charge is -2.03. The third kappa shape index (κ3) is 1.76. The van der Waals surface area contributed by atoms with E-state index in [1.165, 1.54) is 18.4 Å². The lowest BCUT2D eigenvalue weighted by molar-refractivity contribution is 0.103. The first-order valence-corrected chi connectivity index (χ1v) is 4.94. The Morgan fingerprint density at radius 3 is 2.56 bits per heavy atom. The van der Waals surface area contributed by atoms with Crippen molar-refractivity contribution in [3.05, 3.63) is 58.8 Å². The van der Waals surface area contributed by atoms with E-state index in [-0.39, 0.29) is 5.78 Å². The molecule has 1 aromatic carbocycles. The lowest BCUT2D eigenvalue weighted by Crippen LogP contribution is -2.04. The summed E-state index contributed by atoms with van der Waals surface area (Å²) in [7, 11) is 0. The predicted octanol–water partition coefficient (Wildman–Crippen LogP) is 3.27. The molecule has 3 heteroatoms. The molecule has 0 spiro atoms. The molecule has 2 aromatic rings. The molecular weight excluding hydrogens is 207 g/mol. The van der Waals surface area contributed by atoms with E-state index in [1.807, 2.05) is 0 Å². The molecule has 0 saturated carbocycles. The van der Waals surface area contributed by atoms with Gasteiger partial charge in [-0.05, 0) is 37.6 Å². The number of carbonyl (C=O) groups is 1. The predicted molar refractivity (Wildman–Crippen MR) is 58.0 cm³/mol. The lowest BCUT2D eigenvalue weighted by atomic mass is 9.99. The van der Waals surface area contributed by atoms with Gasteiger partial charge in [0.15, 0.2) is 5.78 Å². The zero-order valence-corrected chi connectivity index (χ0v) is 9.08. The van der Waals surface area contributed by atoms with E-state index in [1.54, 1.807) is 26.0 Å². The molecule has 0 aliphatic heterocycles. The van der Waals surface area contributed by atoms with Crippen molar-refractivity contribution < 1.29 is 13.6 Å². The first kappa shape index (κ1) is 10.6. The molecule has 0 N–H and O–H groups in total. The van der Waals surface area contributed by atoms with Crippen molar-refractivity contribution >= 4 is 5.78 Å². The fraction of sp³-hybridized carbons (Fsp3) is 0.154. The van der Waals surface area contributed by atoms with Gasteiger partial charge in [0.05, 0.1) is 11.8 Å². The van der Waals surface area contributed by atoms with Crippen molar-refractivity contribution in [2.75, 3.05) is 0 Å². The first-order chi connectivity index (χ1) is 7.59. The summed E-state index contributed by atoms with van der Waals surface area (Å²) in [5.74, 6) is -0.0630. The highest BCUT2D eigenvalue weighted by atomic mass is 19.1. The van der Waals surface area contributed by atoms with Crippen LogP contribution in [0.3, 0.4) is 0 Å². The van der Waals surface area contributed by atoms with Crippen molar-refractivity contribution in [2.45, 2.75) is 13.8 Å². The standard InChI is InChI=1S/C13H11FO2/c1-8-3-4-10(14)7-12(8)13(15)11-5-6-16-9(11)2/h3-7H,1-2H3. The van der Waals surface area contributed by atoms with Crippen LogP contribution >= 0.6 is 0 Å². The summed E-state index contributed by atoms with van der Waals surface area (Å²) in [6, 6.07) is 5.79. The minimum atomic E-state index is -0.407. The summed E-state index contributed by atoms with van der Waals surface area (Å²) in [5, 5.41) is 0. The van der Waals surface area contributed by atoms with Gasteiger partial charge < -0.3 is 4.42 Å². The Balaban J connectivity index is 2.49. The van der Waals surface area contributed by atoms with Crippen molar-refractivity contribution in [3.63, 3.8) is 0 Å². The third-order valence-corrected chi connectivity index (χ3v) is 2.55. The van der Waals surface area contributed by atoms with E-state index in [0.29, 0.717) is 16.9 Å². The van der Waals surface area contributed by atoms with Crippen molar-refractivity contribution in [1.82, 2.24) is 0 Å². The highest BCUT2D eigenvalue weighted by molar-refractivity contribution is 6.10. The molecule has 0 amide bonds. The van der Waals surface area contributed by atoms with Gasteiger partial charge in [-0.15, -0.1) is 0 Å². The third-order valence-electron chi connectivity index (χ3n) is 2.55. The van der Waals surface area contributed by atoms with Crippen LogP contribution in [0.5, 0.6) is 0 Å². The summed E-state index contributed by atoms with van der Waals surface area (Å²) in [6.07, 6.45) is 1.46. The highest BCUT2D eigenvalue weighted by Gasteiger charge is 2.16. The summed E-state index contributed by atoms with van der Waals surface area (Å²) in [4.78, 5) is 12.1. The van der Waals surface area contributed by atoms with Gasteiger partial charge in [0, 0.05) is 5.56 Å². The van der Waals surface area contributed by atoms with Gasteiger partial charge in [0.2, 0.25) is 0 Å². The van der Waals surface area contributed by atoms with Gasteiger partial charge in [-0.25, -0.2) is 4.39 Å². The van der Waals surface area contributed by atoms with Crippen molar-refractivity contribution in [2.24, 2.45) is 0 Å². The molecule has 1 heterocycles. The fourth-order valence-electron chi connectivity index (χ4n) is 1.60. The number of hydrogen-bond acceptors (Lipinski definition) is 2. The van der Waals surface area contributed by atoms with E-state index in [0.717, 1.165) is 5.56 Å². The number of halogens is 1. The van der Waals surface area contributed by atoms with Crippen LogP contribution < -0.4 is 0 Å². The minimum absolute atomic E-state index is 0.205. The molecular formula is C13H11FO2. The number of aryl methyl sites for hydroxylation is 2. The molecule has 0 unspecified atom stereocenters. The molecule has 0 fully saturated rings. The Labute approximate surface area is 92.7 Å². The monoisotopic (exact) mass is 218 g/mol. The summed E-state index contributed by atoms with van der Waals surface area (Å²) < 4.78 is 18.1. The van der Waals surface area contributed by atoms with Crippen LogP contribution in [0.15, 0.2) is 34.9 Å². The number of carbonyl (C=O) groups excluding carboxylic acids is 1. The van der Waals surface area contributed by atoms with Gasteiger partial charge in [-0.1, -0.05) is 6.07 Å². The Hall–Kier alpha value is -1.90. The van der Waals surface area contributed by atoms with Crippen LogP contribution in [0.1, 0.15) is 27.2 Å². The topological polar surface area (TPSA) is 30.2 Å². The van der Waals surface area contributed by atoms with Crippen molar-refractivity contribution in [3.8, 4) is 0 Å². The van der Waals surface area contributed by atoms with Crippen LogP contribution in [-0.4, -0.2) is 5.78 Å². The number of furan rings is 1. The van der Waals surface area contributed by atoms with Gasteiger partial charge >= 0.3 is 0 Å². The summed E-state index contributed by atoms with van der Waals surface area (Å²) in [5.41, 5.74) is 1.62. The molecule has 0 saturated heterocycles. The first-order valence-electron chi connectivity index (χ1n) is 4.94. The SMILES string of the molecule is Cc1ccc(F)cc1C(=O)c1ccoc1C. The summed E-state index contributed by atoms with van der Waals surface area (Å²) in [6.45, 7) is 3.49. The van der Waals surface area contributed by atoms with E-state index in [4.69, 9.17) is 4.42 Å². The number of rotatable bonds is 2. The van der Waals surface area contributed by atoms with Gasteiger partial charge in [-0.2, -0.15) is 0 Å². The van der Waals surface area contributed by atoms with Crippen molar-refractivity contribution in [1.29, 1.82) is 0 Å². The number of ketones is 1. The molecule has 2 rings (SSSR count). The second kappa shape index (κ2) is 3.93. The van der Waals surface area contributed by atoms with E-state index < -0.39 is 5.82 Å². The molecule has 16 heavy (non-hydrogen) atoms. The largest absolute Gasteiger partial charge is 0.469 e. The second-order valence-electron chi connectivity index (χ2n) is 3.68. The van der Waals surface area contributed by atoms with Crippen LogP contribution in [0, 0.1) is 19.7 Å². The van der Waals surface area contributed by atoms with E-state index >= 15 is 0 Å². The number of hydrogen-bond donors (Lipinski definition) is 0. The molecule has 0 aliphatic rings. The Kier molecular flexibility index (Phi) is 2.60. The smallest absolute Gasteiger partial charge is 0.196 e. The molecule has 82 valence electrons. The van der Waals surface area contributed by atoms with Gasteiger partial charge in [-0.3, -0.25) is 4.79 Å². The molecule has 0 aliphatic carbocycles. The Bertz CT molecular complexity index is 541. The zero-order chi connectivity index (χ0) is 11.7. The minimum Gasteiger partial charge on any atom is -0.469 e. The summed E-state index contributed by atoms with van der Waals surface area (Å²) >= 11 is 0. The Morgan fingerprint density at radius 2 is 1.94 bits per heavy atom. The zero-order valence-electron chi connectivity index (χ0n) is 9.08. The van der Waals surface area contributed by atoms with Crippen LogP contribution in [0.2, 0.25) is 0 Å². The average Bonchev–Trinajstić information content (AvgIpc) is 2.67.